The molecule has 78 valence electrons. The van der Waals surface area contributed by atoms with E-state index in [2.05, 4.69) is 0 Å². The second kappa shape index (κ2) is 3.86. The van der Waals surface area contributed by atoms with Gasteiger partial charge in [0.15, 0.2) is 0 Å². The molecule has 0 amide bonds. The lowest BCUT2D eigenvalue weighted by Crippen LogP contribution is -2.38. The number of aliphatic hydroxyl groups excluding tert-OH is 1. The summed E-state index contributed by atoms with van der Waals surface area (Å²) in [7, 11) is 1.55. The van der Waals surface area contributed by atoms with Gasteiger partial charge in [-0.2, -0.15) is 0 Å². The molecule has 0 aliphatic heterocycles. The fourth-order valence-corrected chi connectivity index (χ4v) is 1.41. The highest BCUT2D eigenvalue weighted by Crippen LogP contribution is 2.32. The molecule has 1 rings (SSSR count). The van der Waals surface area contributed by atoms with Crippen molar-refractivity contribution >= 4 is 5.69 Å². The zero-order chi connectivity index (χ0) is 10.8. The minimum Gasteiger partial charge on any atom is -0.496 e. The van der Waals surface area contributed by atoms with Crippen molar-refractivity contribution in [1.29, 1.82) is 0 Å². The molecule has 0 heterocycles. The SMILES string of the molecule is COc1cccc(N)c1[C@](C)(N)CO. The molecule has 1 aromatic carbocycles. The van der Waals surface area contributed by atoms with Crippen LogP contribution in [-0.2, 0) is 5.54 Å². The molecular formula is C10H16N2O2. The Hall–Kier alpha value is -1.26. The molecule has 0 saturated heterocycles. The van der Waals surface area contributed by atoms with Crippen molar-refractivity contribution in [2.75, 3.05) is 19.5 Å². The molecule has 14 heavy (non-hydrogen) atoms. The summed E-state index contributed by atoms with van der Waals surface area (Å²) >= 11 is 0. The molecule has 0 aliphatic carbocycles. The lowest BCUT2D eigenvalue weighted by atomic mass is 9.92. The van der Waals surface area contributed by atoms with Gasteiger partial charge in [-0.3, -0.25) is 0 Å². The molecule has 1 atom stereocenters. The van der Waals surface area contributed by atoms with Crippen LogP contribution in [0.4, 0.5) is 5.69 Å². The van der Waals surface area contributed by atoms with Crippen LogP contribution in [0.15, 0.2) is 18.2 Å². The van der Waals surface area contributed by atoms with E-state index in [0.29, 0.717) is 17.0 Å². The van der Waals surface area contributed by atoms with E-state index in [1.54, 1.807) is 32.2 Å². The Kier molecular flexibility index (Phi) is 2.98. The Bertz CT molecular complexity index is 324. The average Bonchev–Trinajstić information content (AvgIpc) is 2.17. The van der Waals surface area contributed by atoms with E-state index in [4.69, 9.17) is 21.3 Å². The van der Waals surface area contributed by atoms with Crippen LogP contribution in [0.2, 0.25) is 0 Å². The number of anilines is 1. The number of aliphatic hydroxyl groups is 1. The molecule has 1 aromatic rings. The lowest BCUT2D eigenvalue weighted by Gasteiger charge is -2.26. The first kappa shape index (κ1) is 10.8. The first-order chi connectivity index (χ1) is 6.53. The topological polar surface area (TPSA) is 81.5 Å². The highest BCUT2D eigenvalue weighted by Gasteiger charge is 2.26. The number of nitrogen functional groups attached to an aromatic ring is 1. The van der Waals surface area contributed by atoms with Gasteiger partial charge >= 0.3 is 0 Å². The van der Waals surface area contributed by atoms with Crippen LogP contribution in [0.5, 0.6) is 5.75 Å². The van der Waals surface area contributed by atoms with Gasteiger partial charge in [0.1, 0.15) is 5.75 Å². The van der Waals surface area contributed by atoms with Gasteiger partial charge in [-0.05, 0) is 19.1 Å². The first-order valence-electron chi connectivity index (χ1n) is 4.35. The lowest BCUT2D eigenvalue weighted by molar-refractivity contribution is 0.207. The highest BCUT2D eigenvalue weighted by molar-refractivity contribution is 5.57. The van der Waals surface area contributed by atoms with Gasteiger partial charge in [0.05, 0.1) is 19.3 Å². The van der Waals surface area contributed by atoms with Crippen molar-refractivity contribution < 1.29 is 9.84 Å². The molecule has 0 spiro atoms. The Morgan fingerprint density at radius 2 is 2.14 bits per heavy atom. The molecule has 0 radical (unpaired) electrons. The second-order valence-corrected chi connectivity index (χ2v) is 3.50. The zero-order valence-corrected chi connectivity index (χ0v) is 8.45. The molecule has 4 nitrogen and oxygen atoms in total. The van der Waals surface area contributed by atoms with Crippen molar-refractivity contribution in [3.8, 4) is 5.75 Å². The maximum Gasteiger partial charge on any atom is 0.126 e. The maximum atomic E-state index is 9.16. The molecule has 0 unspecified atom stereocenters. The molecule has 0 bridgehead atoms. The largest absolute Gasteiger partial charge is 0.496 e. The third-order valence-electron chi connectivity index (χ3n) is 2.18. The van der Waals surface area contributed by atoms with Crippen molar-refractivity contribution in [2.45, 2.75) is 12.5 Å². The summed E-state index contributed by atoms with van der Waals surface area (Å²) in [6, 6.07) is 5.29. The first-order valence-corrected chi connectivity index (χ1v) is 4.35. The highest BCUT2D eigenvalue weighted by atomic mass is 16.5. The van der Waals surface area contributed by atoms with Crippen LogP contribution in [-0.4, -0.2) is 18.8 Å². The molecule has 4 heteroatoms. The molecule has 0 aliphatic rings. The van der Waals surface area contributed by atoms with Crippen LogP contribution in [0.1, 0.15) is 12.5 Å². The fourth-order valence-electron chi connectivity index (χ4n) is 1.41. The van der Waals surface area contributed by atoms with Gasteiger partial charge < -0.3 is 21.3 Å². The zero-order valence-electron chi connectivity index (χ0n) is 8.45. The van der Waals surface area contributed by atoms with Gasteiger partial charge in [-0.1, -0.05) is 6.07 Å². The standard InChI is InChI=1S/C10H16N2O2/c1-10(12,6-13)9-7(11)4-3-5-8(9)14-2/h3-5,13H,6,11-12H2,1-2H3/t10-/m1/s1. The number of hydrogen-bond acceptors (Lipinski definition) is 4. The van der Waals surface area contributed by atoms with E-state index in [1.165, 1.54) is 0 Å². The van der Waals surface area contributed by atoms with E-state index >= 15 is 0 Å². The predicted octanol–water partition coefficient (Wildman–Crippen LogP) is 0.444. The van der Waals surface area contributed by atoms with Gasteiger partial charge in [0, 0.05) is 11.3 Å². The van der Waals surface area contributed by atoms with E-state index in [9.17, 15) is 0 Å². The Morgan fingerprint density at radius 1 is 1.50 bits per heavy atom. The summed E-state index contributed by atoms with van der Waals surface area (Å²) in [5.41, 5.74) is 12.0. The van der Waals surface area contributed by atoms with Crippen LogP contribution in [0.25, 0.3) is 0 Å². The van der Waals surface area contributed by atoms with E-state index in [-0.39, 0.29) is 6.61 Å². The predicted molar refractivity (Wildman–Crippen MR) is 56.0 cm³/mol. The fraction of sp³-hybridized carbons (Fsp3) is 0.400. The van der Waals surface area contributed by atoms with Crippen LogP contribution < -0.4 is 16.2 Å². The van der Waals surface area contributed by atoms with E-state index in [1.807, 2.05) is 0 Å². The number of ether oxygens (including phenoxy) is 1. The number of methoxy groups -OCH3 is 1. The summed E-state index contributed by atoms with van der Waals surface area (Å²) in [6.07, 6.45) is 0. The quantitative estimate of drug-likeness (QED) is 0.613. The number of benzene rings is 1. The Morgan fingerprint density at radius 3 is 2.64 bits per heavy atom. The molecular weight excluding hydrogens is 180 g/mol. The smallest absolute Gasteiger partial charge is 0.126 e. The molecule has 0 fully saturated rings. The third kappa shape index (κ3) is 1.81. The van der Waals surface area contributed by atoms with Crippen molar-refractivity contribution in [3.63, 3.8) is 0 Å². The van der Waals surface area contributed by atoms with Crippen LogP contribution in [0, 0.1) is 0 Å². The number of nitrogens with two attached hydrogens (primary N) is 2. The van der Waals surface area contributed by atoms with Crippen LogP contribution in [0.3, 0.4) is 0 Å². The summed E-state index contributed by atoms with van der Waals surface area (Å²) in [5, 5.41) is 9.16. The Labute approximate surface area is 83.5 Å². The maximum absolute atomic E-state index is 9.16. The van der Waals surface area contributed by atoms with Crippen LogP contribution >= 0.6 is 0 Å². The van der Waals surface area contributed by atoms with Crippen molar-refractivity contribution in [1.82, 2.24) is 0 Å². The van der Waals surface area contributed by atoms with Gasteiger partial charge in [0.2, 0.25) is 0 Å². The minimum atomic E-state index is -0.878. The molecule has 0 aromatic heterocycles. The second-order valence-electron chi connectivity index (χ2n) is 3.50. The van der Waals surface area contributed by atoms with Gasteiger partial charge in [-0.25, -0.2) is 0 Å². The monoisotopic (exact) mass is 196 g/mol. The average molecular weight is 196 g/mol. The normalized spacial score (nSPS) is 14.9. The van der Waals surface area contributed by atoms with E-state index in [0.717, 1.165) is 0 Å². The summed E-state index contributed by atoms with van der Waals surface area (Å²) in [5.74, 6) is 0.601. The van der Waals surface area contributed by atoms with Gasteiger partial charge in [-0.15, -0.1) is 0 Å². The summed E-state index contributed by atoms with van der Waals surface area (Å²) in [6.45, 7) is 1.53. The molecule has 0 saturated carbocycles. The Balaban J connectivity index is 3.30. The number of hydrogen-bond donors (Lipinski definition) is 3. The summed E-state index contributed by atoms with van der Waals surface area (Å²) < 4.78 is 5.14. The summed E-state index contributed by atoms with van der Waals surface area (Å²) in [4.78, 5) is 0. The molecule has 5 N–H and O–H groups in total. The number of rotatable bonds is 3. The van der Waals surface area contributed by atoms with Crippen molar-refractivity contribution in [3.05, 3.63) is 23.8 Å². The third-order valence-corrected chi connectivity index (χ3v) is 2.18. The van der Waals surface area contributed by atoms with Gasteiger partial charge in [0.25, 0.3) is 0 Å². The minimum absolute atomic E-state index is 0.183. The van der Waals surface area contributed by atoms with Crippen molar-refractivity contribution in [2.24, 2.45) is 5.73 Å². The van der Waals surface area contributed by atoms with E-state index < -0.39 is 5.54 Å².